The van der Waals surface area contributed by atoms with Crippen molar-refractivity contribution in [2.75, 3.05) is 39.8 Å². The largest absolute Gasteiger partial charge is 0.492 e. The van der Waals surface area contributed by atoms with Crippen LogP contribution >= 0.6 is 11.6 Å². The predicted molar refractivity (Wildman–Crippen MR) is 99.2 cm³/mol. The van der Waals surface area contributed by atoms with Crippen LogP contribution in [0.4, 0.5) is 0 Å². The Morgan fingerprint density at radius 2 is 2.24 bits per heavy atom. The van der Waals surface area contributed by atoms with Crippen LogP contribution in [0.5, 0.6) is 5.75 Å². The summed E-state index contributed by atoms with van der Waals surface area (Å²) >= 11 is 5.87. The van der Waals surface area contributed by atoms with Crippen LogP contribution in [0.25, 0.3) is 0 Å². The molecule has 1 atom stereocenters. The van der Waals surface area contributed by atoms with Gasteiger partial charge in [0.1, 0.15) is 12.4 Å². The zero-order valence-electron chi connectivity index (χ0n) is 14.6. The SMILES string of the molecule is CN=C(NCCOc1ccc(Cl)cc1)N1CCCC2(CNC(=O)C2)C1. The van der Waals surface area contributed by atoms with Crippen LogP contribution in [0.2, 0.25) is 5.02 Å². The number of piperidine rings is 1. The number of amides is 1. The van der Waals surface area contributed by atoms with Crippen LogP contribution in [0.15, 0.2) is 29.3 Å². The number of nitrogens with one attached hydrogen (secondary N) is 2. The lowest BCUT2D eigenvalue weighted by Crippen LogP contribution is -2.51. The van der Waals surface area contributed by atoms with Gasteiger partial charge >= 0.3 is 0 Å². The number of carbonyl (C=O) groups is 1. The molecular weight excluding hydrogens is 340 g/mol. The standard InChI is InChI=1S/C18H25ClN4O2/c1-20-17(21-8-10-25-15-5-3-14(19)4-6-15)23-9-2-7-18(13-23)11-16(24)22-12-18/h3-6H,2,7-13H2,1H3,(H,20,21)(H,22,24). The van der Waals surface area contributed by atoms with Gasteiger partial charge in [0, 0.05) is 43.5 Å². The lowest BCUT2D eigenvalue weighted by atomic mass is 9.79. The molecule has 136 valence electrons. The number of hydrogen-bond donors (Lipinski definition) is 2. The molecule has 0 aromatic heterocycles. The fourth-order valence-corrected chi connectivity index (χ4v) is 3.75. The maximum Gasteiger partial charge on any atom is 0.220 e. The van der Waals surface area contributed by atoms with E-state index < -0.39 is 0 Å². The molecule has 2 heterocycles. The van der Waals surface area contributed by atoms with E-state index >= 15 is 0 Å². The molecule has 2 aliphatic rings. The molecule has 1 amide bonds. The van der Waals surface area contributed by atoms with Crippen LogP contribution in [-0.4, -0.2) is 56.6 Å². The van der Waals surface area contributed by atoms with Crippen LogP contribution in [0.3, 0.4) is 0 Å². The minimum Gasteiger partial charge on any atom is -0.492 e. The van der Waals surface area contributed by atoms with Crippen molar-refractivity contribution in [3.63, 3.8) is 0 Å². The number of nitrogens with zero attached hydrogens (tertiary/aromatic N) is 2. The van der Waals surface area contributed by atoms with Gasteiger partial charge in [0.05, 0.1) is 6.54 Å². The average Bonchev–Trinajstić information content (AvgIpc) is 2.96. The molecule has 1 unspecified atom stereocenters. The maximum absolute atomic E-state index is 11.6. The van der Waals surface area contributed by atoms with Gasteiger partial charge < -0.3 is 20.3 Å². The molecule has 0 radical (unpaired) electrons. The molecule has 2 saturated heterocycles. The van der Waals surface area contributed by atoms with Crippen LogP contribution in [0, 0.1) is 5.41 Å². The van der Waals surface area contributed by atoms with E-state index in [2.05, 4.69) is 20.5 Å². The summed E-state index contributed by atoms with van der Waals surface area (Å²) < 4.78 is 5.70. The molecule has 0 aliphatic carbocycles. The second kappa shape index (κ2) is 7.95. The van der Waals surface area contributed by atoms with E-state index in [4.69, 9.17) is 16.3 Å². The Bertz CT molecular complexity index is 634. The van der Waals surface area contributed by atoms with Gasteiger partial charge in [-0.1, -0.05) is 11.6 Å². The Morgan fingerprint density at radius 1 is 1.44 bits per heavy atom. The Hall–Kier alpha value is -1.95. The number of hydrogen-bond acceptors (Lipinski definition) is 3. The van der Waals surface area contributed by atoms with Gasteiger partial charge in [-0.2, -0.15) is 0 Å². The topological polar surface area (TPSA) is 66.0 Å². The Labute approximate surface area is 153 Å². The Kier molecular flexibility index (Phi) is 5.68. The van der Waals surface area contributed by atoms with Gasteiger partial charge in [0.25, 0.3) is 0 Å². The number of likely N-dealkylation sites (tertiary alicyclic amines) is 1. The number of aliphatic imine (C=N–C) groups is 1. The van der Waals surface area contributed by atoms with E-state index in [1.165, 1.54) is 0 Å². The molecule has 6 nitrogen and oxygen atoms in total. The van der Waals surface area contributed by atoms with Crippen LogP contribution in [-0.2, 0) is 4.79 Å². The first kappa shape index (κ1) is 17.9. The number of ether oxygens (including phenoxy) is 1. The normalized spacial score (nSPS) is 23.7. The summed E-state index contributed by atoms with van der Waals surface area (Å²) in [5.74, 6) is 1.84. The third kappa shape index (κ3) is 4.57. The molecule has 0 saturated carbocycles. The minimum atomic E-state index is 0.0623. The molecular formula is C18H25ClN4O2. The van der Waals surface area contributed by atoms with Crippen LogP contribution in [0.1, 0.15) is 19.3 Å². The summed E-state index contributed by atoms with van der Waals surface area (Å²) in [6, 6.07) is 7.34. The van der Waals surface area contributed by atoms with Gasteiger partial charge in [-0.15, -0.1) is 0 Å². The van der Waals surface area contributed by atoms with Gasteiger partial charge in [0.15, 0.2) is 5.96 Å². The van der Waals surface area contributed by atoms with Crippen molar-refractivity contribution in [3.05, 3.63) is 29.3 Å². The highest BCUT2D eigenvalue weighted by Crippen LogP contribution is 2.35. The number of carbonyl (C=O) groups excluding carboxylic acids is 1. The lowest BCUT2D eigenvalue weighted by Gasteiger charge is -2.40. The molecule has 2 aliphatic heterocycles. The molecule has 1 aromatic rings. The Morgan fingerprint density at radius 3 is 2.92 bits per heavy atom. The van der Waals surface area contributed by atoms with Gasteiger partial charge in [-0.3, -0.25) is 9.79 Å². The predicted octanol–water partition coefficient (Wildman–Crippen LogP) is 1.90. The molecule has 3 rings (SSSR count). The molecule has 2 fully saturated rings. The van der Waals surface area contributed by atoms with Crippen molar-refractivity contribution in [2.45, 2.75) is 19.3 Å². The first-order valence-electron chi connectivity index (χ1n) is 8.71. The molecule has 2 N–H and O–H groups in total. The highest BCUT2D eigenvalue weighted by molar-refractivity contribution is 6.30. The lowest BCUT2D eigenvalue weighted by molar-refractivity contribution is -0.119. The molecule has 7 heteroatoms. The van der Waals surface area contributed by atoms with Crippen molar-refractivity contribution >= 4 is 23.5 Å². The van der Waals surface area contributed by atoms with Crippen molar-refractivity contribution in [1.29, 1.82) is 0 Å². The van der Waals surface area contributed by atoms with E-state index in [1.54, 1.807) is 7.05 Å². The molecule has 25 heavy (non-hydrogen) atoms. The van der Waals surface area contributed by atoms with E-state index in [0.717, 1.165) is 44.2 Å². The number of rotatable bonds is 4. The zero-order valence-corrected chi connectivity index (χ0v) is 15.3. The second-order valence-corrected chi connectivity index (χ2v) is 7.19. The number of halogens is 1. The monoisotopic (exact) mass is 364 g/mol. The summed E-state index contributed by atoms with van der Waals surface area (Å²) in [6.45, 7) is 3.81. The Balaban J connectivity index is 1.47. The third-order valence-electron chi connectivity index (χ3n) is 4.84. The van der Waals surface area contributed by atoms with Crippen molar-refractivity contribution in [1.82, 2.24) is 15.5 Å². The van der Waals surface area contributed by atoms with E-state index in [1.807, 2.05) is 24.3 Å². The van der Waals surface area contributed by atoms with E-state index in [9.17, 15) is 4.79 Å². The maximum atomic E-state index is 11.6. The van der Waals surface area contributed by atoms with Crippen molar-refractivity contribution in [3.8, 4) is 5.75 Å². The summed E-state index contributed by atoms with van der Waals surface area (Å²) in [7, 11) is 1.79. The summed E-state index contributed by atoms with van der Waals surface area (Å²) in [5, 5.41) is 7.03. The van der Waals surface area contributed by atoms with Gasteiger partial charge in [-0.05, 0) is 37.1 Å². The van der Waals surface area contributed by atoms with E-state index in [-0.39, 0.29) is 11.3 Å². The highest BCUT2D eigenvalue weighted by Gasteiger charge is 2.42. The number of guanidine groups is 1. The zero-order chi connectivity index (χ0) is 17.7. The first-order valence-corrected chi connectivity index (χ1v) is 9.09. The number of benzene rings is 1. The van der Waals surface area contributed by atoms with Gasteiger partial charge in [0.2, 0.25) is 5.91 Å². The molecule has 1 aromatic carbocycles. The molecule has 1 spiro atoms. The summed E-state index contributed by atoms with van der Waals surface area (Å²) in [6.07, 6.45) is 2.80. The van der Waals surface area contributed by atoms with E-state index in [0.29, 0.717) is 24.6 Å². The first-order chi connectivity index (χ1) is 12.1. The molecule has 0 bridgehead atoms. The summed E-state index contributed by atoms with van der Waals surface area (Å²) in [5.41, 5.74) is 0.0623. The van der Waals surface area contributed by atoms with Gasteiger partial charge in [-0.25, -0.2) is 0 Å². The fourth-order valence-electron chi connectivity index (χ4n) is 3.62. The fraction of sp³-hybridized carbons (Fsp3) is 0.556. The third-order valence-corrected chi connectivity index (χ3v) is 5.09. The average molecular weight is 365 g/mol. The minimum absolute atomic E-state index is 0.0623. The second-order valence-electron chi connectivity index (χ2n) is 6.75. The van der Waals surface area contributed by atoms with Crippen molar-refractivity contribution < 1.29 is 9.53 Å². The van der Waals surface area contributed by atoms with Crippen molar-refractivity contribution in [2.24, 2.45) is 10.4 Å². The smallest absolute Gasteiger partial charge is 0.220 e. The summed E-state index contributed by atoms with van der Waals surface area (Å²) in [4.78, 5) is 18.3. The highest BCUT2D eigenvalue weighted by atomic mass is 35.5. The quantitative estimate of drug-likeness (QED) is 0.486. The van der Waals surface area contributed by atoms with Crippen LogP contribution < -0.4 is 15.4 Å².